The minimum atomic E-state index is -1.20. The molecule has 0 aliphatic rings. The molecule has 0 aliphatic heterocycles. The fourth-order valence-electron chi connectivity index (χ4n) is 2.88. The molecular weight excluding hydrogens is 496 g/mol. The van der Waals surface area contributed by atoms with Crippen molar-refractivity contribution in [1.29, 1.82) is 0 Å². The molecule has 170 valence electrons. The lowest BCUT2D eigenvalue weighted by atomic mass is 10.2. The predicted octanol–water partition coefficient (Wildman–Crippen LogP) is 6.40. The Morgan fingerprint density at radius 3 is 2.50 bits per heavy atom. The summed E-state index contributed by atoms with van der Waals surface area (Å²) in [6.45, 7) is 0. The number of carbonyl (C=O) groups is 1. The minimum absolute atomic E-state index is 0.0839. The number of nitrogens with one attached hydrogen (secondary N) is 1. The maximum atomic E-state index is 11.8. The number of carboxylic acids is 1. The number of nitro groups is 1. The van der Waals surface area contributed by atoms with Gasteiger partial charge < -0.3 is 5.11 Å². The lowest BCUT2D eigenvalue weighted by Gasteiger charge is -2.05. The van der Waals surface area contributed by atoms with E-state index >= 15 is 0 Å². The van der Waals surface area contributed by atoms with E-state index < -0.39 is 10.9 Å². The van der Waals surface area contributed by atoms with Gasteiger partial charge in [0.05, 0.1) is 9.82 Å². The van der Waals surface area contributed by atoms with Gasteiger partial charge in [-0.15, -0.1) is 5.10 Å². The first-order valence-electron chi connectivity index (χ1n) is 9.71. The number of aromatic nitrogens is 3. The summed E-state index contributed by atoms with van der Waals surface area (Å²) in [5.74, 6) is -0.741. The third-order valence-corrected chi connectivity index (χ3v) is 6.65. The van der Waals surface area contributed by atoms with Gasteiger partial charge in [-0.2, -0.15) is 0 Å². The molecule has 0 spiro atoms. The molecule has 0 radical (unpaired) electrons. The van der Waals surface area contributed by atoms with Gasteiger partial charge in [-0.1, -0.05) is 47.6 Å². The summed E-state index contributed by atoms with van der Waals surface area (Å²) in [6, 6.07) is 20.8. The van der Waals surface area contributed by atoms with Crippen LogP contribution in [-0.2, 0) is 4.79 Å². The molecule has 2 N–H and O–H groups in total. The third kappa shape index (κ3) is 5.84. The first-order valence-corrected chi connectivity index (χ1v) is 11.7. The number of nitrogens with zero attached hydrogens (tertiary/aromatic N) is 3. The molecule has 1 heterocycles. The van der Waals surface area contributed by atoms with Crippen molar-refractivity contribution in [3.05, 3.63) is 98.4 Å². The van der Waals surface area contributed by atoms with Crippen LogP contribution in [0.3, 0.4) is 0 Å². The van der Waals surface area contributed by atoms with Crippen molar-refractivity contribution in [3.8, 4) is 11.4 Å². The van der Waals surface area contributed by atoms with Crippen LogP contribution in [0.15, 0.2) is 92.6 Å². The van der Waals surface area contributed by atoms with E-state index in [1.54, 1.807) is 36.4 Å². The zero-order valence-electron chi connectivity index (χ0n) is 17.2. The standard InChI is InChI=1S/C23H15ClN4O4S2/c24-16-9-7-15(8-10-16)21-25-23(27-26-21)34-20(22(29)30)13-14-6-11-19(18(12-14)28(31)32)33-17-4-2-1-3-5-17/h1-13H,(H,29,30)(H,25,26,27)/b20-13+. The molecule has 34 heavy (non-hydrogen) atoms. The van der Waals surface area contributed by atoms with Crippen molar-refractivity contribution in [2.45, 2.75) is 14.9 Å². The predicted molar refractivity (Wildman–Crippen MR) is 132 cm³/mol. The molecule has 4 aromatic rings. The van der Waals surface area contributed by atoms with Crippen LogP contribution in [0.2, 0.25) is 5.02 Å². The van der Waals surface area contributed by atoms with Crippen LogP contribution in [0, 0.1) is 10.1 Å². The maximum absolute atomic E-state index is 11.8. The van der Waals surface area contributed by atoms with Crippen LogP contribution in [-0.4, -0.2) is 31.2 Å². The van der Waals surface area contributed by atoms with E-state index in [9.17, 15) is 20.0 Å². The van der Waals surface area contributed by atoms with E-state index in [-0.39, 0.29) is 15.7 Å². The van der Waals surface area contributed by atoms with E-state index in [0.29, 0.717) is 21.3 Å². The Balaban J connectivity index is 1.59. The molecule has 8 nitrogen and oxygen atoms in total. The fraction of sp³-hybridized carbons (Fsp3) is 0. The molecule has 0 unspecified atom stereocenters. The Kier molecular flexibility index (Phi) is 7.31. The summed E-state index contributed by atoms with van der Waals surface area (Å²) in [4.78, 5) is 28.6. The Labute approximate surface area is 207 Å². The van der Waals surface area contributed by atoms with Crippen LogP contribution in [0.5, 0.6) is 0 Å². The summed E-state index contributed by atoms with van der Waals surface area (Å²) in [5.41, 5.74) is 1.01. The molecule has 0 atom stereocenters. The molecule has 4 rings (SSSR count). The Hall–Kier alpha value is -3.60. The number of thioether (sulfide) groups is 1. The number of benzene rings is 3. The van der Waals surface area contributed by atoms with Crippen molar-refractivity contribution in [3.63, 3.8) is 0 Å². The highest BCUT2D eigenvalue weighted by atomic mass is 35.5. The number of hydrogen-bond acceptors (Lipinski definition) is 7. The van der Waals surface area contributed by atoms with Crippen molar-refractivity contribution in [2.75, 3.05) is 0 Å². The number of hydrogen-bond donors (Lipinski definition) is 2. The minimum Gasteiger partial charge on any atom is -0.477 e. The lowest BCUT2D eigenvalue weighted by Crippen LogP contribution is -1.98. The molecule has 0 aliphatic carbocycles. The summed E-state index contributed by atoms with van der Waals surface area (Å²) < 4.78 is 0. The zero-order valence-corrected chi connectivity index (χ0v) is 19.6. The highest BCUT2D eigenvalue weighted by Crippen LogP contribution is 2.36. The van der Waals surface area contributed by atoms with Crippen molar-refractivity contribution < 1.29 is 14.8 Å². The van der Waals surface area contributed by atoms with E-state index in [1.165, 1.54) is 23.9 Å². The van der Waals surface area contributed by atoms with Crippen molar-refractivity contribution in [2.24, 2.45) is 0 Å². The average molecular weight is 511 g/mol. The maximum Gasteiger partial charge on any atom is 0.342 e. The quantitative estimate of drug-likeness (QED) is 0.121. The number of aromatic amines is 1. The summed E-state index contributed by atoms with van der Waals surface area (Å²) in [7, 11) is 0. The molecular formula is C23H15ClN4O4S2. The van der Waals surface area contributed by atoms with Gasteiger partial charge >= 0.3 is 5.97 Å². The first kappa shape index (κ1) is 23.6. The molecule has 0 amide bonds. The average Bonchev–Trinajstić information content (AvgIpc) is 3.29. The Morgan fingerprint density at radius 1 is 1.09 bits per heavy atom. The van der Waals surface area contributed by atoms with E-state index in [0.717, 1.165) is 22.2 Å². The Bertz CT molecular complexity index is 1380. The van der Waals surface area contributed by atoms with Gasteiger partial charge in [0.2, 0.25) is 5.16 Å². The SMILES string of the molecule is O=C(O)/C(=C\c1ccc(Sc2ccccc2)c([N+](=O)[O-])c1)Sc1n[nH]c(-c2ccc(Cl)cc2)n1. The second-order valence-electron chi connectivity index (χ2n) is 6.79. The number of H-pyrrole nitrogens is 1. The number of rotatable bonds is 8. The highest BCUT2D eigenvalue weighted by molar-refractivity contribution is 8.04. The van der Waals surface area contributed by atoms with E-state index in [4.69, 9.17) is 11.6 Å². The van der Waals surface area contributed by atoms with Gasteiger partial charge in [0.15, 0.2) is 5.82 Å². The normalized spacial score (nSPS) is 11.4. The fourth-order valence-corrected chi connectivity index (χ4v) is 4.64. The summed E-state index contributed by atoms with van der Waals surface area (Å²) in [6.07, 6.45) is 1.36. The van der Waals surface area contributed by atoms with Gasteiger partial charge in [0.25, 0.3) is 5.69 Å². The smallest absolute Gasteiger partial charge is 0.342 e. The molecule has 0 fully saturated rings. The van der Waals surface area contributed by atoms with Gasteiger partial charge in [-0.05, 0) is 65.9 Å². The van der Waals surface area contributed by atoms with Crippen LogP contribution < -0.4 is 0 Å². The van der Waals surface area contributed by atoms with Crippen LogP contribution in [0.1, 0.15) is 5.56 Å². The molecule has 1 aromatic heterocycles. The van der Waals surface area contributed by atoms with E-state index in [2.05, 4.69) is 15.2 Å². The second-order valence-corrected chi connectivity index (χ2v) is 9.35. The largest absolute Gasteiger partial charge is 0.477 e. The molecule has 3 aromatic carbocycles. The van der Waals surface area contributed by atoms with Gasteiger partial charge in [0.1, 0.15) is 4.91 Å². The van der Waals surface area contributed by atoms with Gasteiger partial charge in [-0.3, -0.25) is 15.2 Å². The van der Waals surface area contributed by atoms with Gasteiger partial charge in [0, 0.05) is 21.5 Å². The number of halogens is 1. The molecule has 11 heteroatoms. The van der Waals surface area contributed by atoms with E-state index in [1.807, 2.05) is 30.3 Å². The Morgan fingerprint density at radius 2 is 1.82 bits per heavy atom. The summed E-state index contributed by atoms with van der Waals surface area (Å²) >= 11 is 8.00. The first-order chi connectivity index (χ1) is 16.4. The summed E-state index contributed by atoms with van der Waals surface area (Å²) in [5, 5.41) is 28.9. The second kappa shape index (κ2) is 10.6. The van der Waals surface area contributed by atoms with Crippen molar-refractivity contribution >= 4 is 52.9 Å². The topological polar surface area (TPSA) is 122 Å². The number of nitro benzene ring substituents is 1. The van der Waals surface area contributed by atoms with Crippen LogP contribution in [0.4, 0.5) is 5.69 Å². The third-order valence-electron chi connectivity index (χ3n) is 4.44. The van der Waals surface area contributed by atoms with Crippen LogP contribution in [0.25, 0.3) is 17.5 Å². The number of aliphatic carboxylic acids is 1. The molecule has 0 saturated heterocycles. The number of carboxylic acid groups (broad SMARTS) is 1. The zero-order chi connectivity index (χ0) is 24.1. The van der Waals surface area contributed by atoms with Crippen molar-refractivity contribution in [1.82, 2.24) is 15.2 Å². The lowest BCUT2D eigenvalue weighted by molar-refractivity contribution is -0.387. The monoisotopic (exact) mass is 510 g/mol. The highest BCUT2D eigenvalue weighted by Gasteiger charge is 2.18. The van der Waals surface area contributed by atoms with Crippen LogP contribution >= 0.6 is 35.1 Å². The molecule has 0 saturated carbocycles. The van der Waals surface area contributed by atoms with Gasteiger partial charge in [-0.25, -0.2) is 9.78 Å². The molecule has 0 bridgehead atoms.